The highest BCUT2D eigenvalue weighted by Gasteiger charge is 2.35. The molecule has 156 valence electrons. The first kappa shape index (κ1) is 22.5. The molecule has 1 heterocycles. The van der Waals surface area contributed by atoms with Gasteiger partial charge < -0.3 is 15.4 Å². The molecule has 2 N–H and O–H groups in total. The van der Waals surface area contributed by atoms with E-state index in [-0.39, 0.29) is 12.2 Å². The number of urea groups is 1. The highest BCUT2D eigenvalue weighted by atomic mass is 127. The third-order valence-corrected chi connectivity index (χ3v) is 5.79. The third-order valence-electron chi connectivity index (χ3n) is 4.19. The van der Waals surface area contributed by atoms with Gasteiger partial charge in [-0.05, 0) is 100 Å². The lowest BCUT2D eigenvalue weighted by atomic mass is 10.2. The van der Waals surface area contributed by atoms with Crippen LogP contribution in [0, 0.1) is 14.1 Å². The number of rotatable bonds is 6. The molecular formula is C21H19I2N3O4. The van der Waals surface area contributed by atoms with Crippen molar-refractivity contribution in [1.29, 1.82) is 0 Å². The predicted octanol–water partition coefficient (Wildman–Crippen LogP) is 4.13. The van der Waals surface area contributed by atoms with Gasteiger partial charge in [-0.3, -0.25) is 9.59 Å². The number of benzene rings is 2. The van der Waals surface area contributed by atoms with Gasteiger partial charge in [0.25, 0.3) is 5.91 Å². The normalized spacial score (nSPS) is 14.8. The summed E-state index contributed by atoms with van der Waals surface area (Å²) in [6.45, 7) is 4.01. The van der Waals surface area contributed by atoms with E-state index >= 15 is 0 Å². The Kier molecular flexibility index (Phi) is 7.34. The van der Waals surface area contributed by atoms with Crippen LogP contribution in [0.25, 0.3) is 6.08 Å². The maximum absolute atomic E-state index is 12.7. The molecule has 30 heavy (non-hydrogen) atoms. The Hall–Kier alpha value is -2.15. The van der Waals surface area contributed by atoms with Crippen LogP contribution in [-0.2, 0) is 9.59 Å². The molecule has 0 unspecified atom stereocenters. The first-order valence-electron chi connectivity index (χ1n) is 9.11. The van der Waals surface area contributed by atoms with Gasteiger partial charge in [0, 0.05) is 5.69 Å². The molecule has 7 nitrogen and oxygen atoms in total. The van der Waals surface area contributed by atoms with Gasteiger partial charge in [-0.25, -0.2) is 9.69 Å². The highest BCUT2D eigenvalue weighted by molar-refractivity contribution is 14.1. The van der Waals surface area contributed by atoms with E-state index in [2.05, 4.69) is 55.8 Å². The minimum absolute atomic E-state index is 0.124. The molecule has 4 amide bonds. The standard InChI is InChI=1S/C21H19I2N3O4/c1-3-30-19-15(22)8-13(9-16(19)23)10-17-20(28)26(21(29)25-17)11-18(27)24-14-6-4-5-12(2)7-14/h4-10H,3,11H2,1-2H3,(H,24,27)(H,25,29)/b17-10+. The fourth-order valence-corrected chi connectivity index (χ4v) is 5.02. The Bertz CT molecular complexity index is 1030. The zero-order valence-corrected chi connectivity index (χ0v) is 20.6. The molecule has 2 aromatic carbocycles. The van der Waals surface area contributed by atoms with E-state index in [0.717, 1.165) is 28.9 Å². The first-order valence-corrected chi connectivity index (χ1v) is 11.3. The highest BCUT2D eigenvalue weighted by Crippen LogP contribution is 2.30. The van der Waals surface area contributed by atoms with Crippen molar-refractivity contribution >= 4 is 74.8 Å². The summed E-state index contributed by atoms with van der Waals surface area (Å²) in [6.07, 6.45) is 1.60. The molecule has 1 fully saturated rings. The van der Waals surface area contributed by atoms with Gasteiger partial charge >= 0.3 is 6.03 Å². The number of carbonyl (C=O) groups excluding carboxylic acids is 3. The molecule has 1 aliphatic rings. The Labute approximate surface area is 201 Å². The van der Waals surface area contributed by atoms with Gasteiger partial charge in [-0.2, -0.15) is 0 Å². The van der Waals surface area contributed by atoms with Crippen molar-refractivity contribution in [2.75, 3.05) is 18.5 Å². The van der Waals surface area contributed by atoms with E-state index in [0.29, 0.717) is 12.3 Å². The van der Waals surface area contributed by atoms with Crippen molar-refractivity contribution < 1.29 is 19.1 Å². The second-order valence-corrected chi connectivity index (χ2v) is 8.87. The van der Waals surface area contributed by atoms with E-state index in [1.807, 2.05) is 44.2 Å². The average Bonchev–Trinajstić information content (AvgIpc) is 2.92. The number of imide groups is 1. The molecule has 0 aliphatic carbocycles. The molecule has 1 saturated heterocycles. The van der Waals surface area contributed by atoms with Gasteiger partial charge in [0.1, 0.15) is 18.0 Å². The number of carbonyl (C=O) groups is 3. The van der Waals surface area contributed by atoms with Crippen molar-refractivity contribution in [3.8, 4) is 5.75 Å². The number of amides is 4. The fraction of sp³-hybridized carbons (Fsp3) is 0.190. The van der Waals surface area contributed by atoms with Crippen LogP contribution in [0.5, 0.6) is 5.75 Å². The Morgan fingerprint density at radius 2 is 1.90 bits per heavy atom. The largest absolute Gasteiger partial charge is 0.492 e. The molecule has 1 aliphatic heterocycles. The van der Waals surface area contributed by atoms with Gasteiger partial charge in [-0.1, -0.05) is 12.1 Å². The number of hydrogen-bond donors (Lipinski definition) is 2. The number of halogens is 2. The molecule has 0 bridgehead atoms. The molecule has 2 aromatic rings. The van der Waals surface area contributed by atoms with E-state index in [4.69, 9.17) is 4.74 Å². The lowest BCUT2D eigenvalue weighted by Crippen LogP contribution is -2.38. The van der Waals surface area contributed by atoms with Crippen molar-refractivity contribution in [1.82, 2.24) is 10.2 Å². The van der Waals surface area contributed by atoms with Crippen LogP contribution < -0.4 is 15.4 Å². The summed E-state index contributed by atoms with van der Waals surface area (Å²) in [5.74, 6) is -0.203. The minimum atomic E-state index is -0.624. The quantitative estimate of drug-likeness (QED) is 0.286. The lowest BCUT2D eigenvalue weighted by Gasteiger charge is -2.12. The van der Waals surface area contributed by atoms with Crippen molar-refractivity contribution in [2.24, 2.45) is 0 Å². The van der Waals surface area contributed by atoms with Gasteiger partial charge in [0.05, 0.1) is 13.7 Å². The van der Waals surface area contributed by atoms with Crippen LogP contribution >= 0.6 is 45.2 Å². The van der Waals surface area contributed by atoms with Crippen LogP contribution in [-0.4, -0.2) is 35.9 Å². The summed E-state index contributed by atoms with van der Waals surface area (Å²) in [4.78, 5) is 38.1. The van der Waals surface area contributed by atoms with Crippen LogP contribution in [0.4, 0.5) is 10.5 Å². The van der Waals surface area contributed by atoms with Crippen molar-refractivity contribution in [2.45, 2.75) is 13.8 Å². The van der Waals surface area contributed by atoms with E-state index in [9.17, 15) is 14.4 Å². The summed E-state index contributed by atoms with van der Waals surface area (Å²) < 4.78 is 7.43. The maximum atomic E-state index is 12.7. The van der Waals surface area contributed by atoms with Crippen LogP contribution in [0.2, 0.25) is 0 Å². The fourth-order valence-electron chi connectivity index (χ4n) is 2.89. The number of ether oxygens (including phenoxy) is 1. The second kappa shape index (κ2) is 9.77. The average molecular weight is 631 g/mol. The number of hydrogen-bond acceptors (Lipinski definition) is 4. The molecule has 0 radical (unpaired) electrons. The molecule has 0 saturated carbocycles. The van der Waals surface area contributed by atoms with Crippen LogP contribution in [0.15, 0.2) is 42.1 Å². The summed E-state index contributed by atoms with van der Waals surface area (Å²) in [7, 11) is 0. The Balaban J connectivity index is 1.73. The number of anilines is 1. The number of nitrogens with zero attached hydrogens (tertiary/aromatic N) is 1. The van der Waals surface area contributed by atoms with E-state index < -0.39 is 17.8 Å². The van der Waals surface area contributed by atoms with E-state index in [1.165, 1.54) is 0 Å². The zero-order valence-electron chi connectivity index (χ0n) is 16.3. The van der Waals surface area contributed by atoms with Gasteiger partial charge in [0.2, 0.25) is 5.91 Å². The molecule has 0 spiro atoms. The monoisotopic (exact) mass is 631 g/mol. The predicted molar refractivity (Wildman–Crippen MR) is 131 cm³/mol. The maximum Gasteiger partial charge on any atom is 0.329 e. The van der Waals surface area contributed by atoms with Gasteiger partial charge in [0.15, 0.2) is 0 Å². The summed E-state index contributed by atoms with van der Waals surface area (Å²) >= 11 is 4.34. The third kappa shape index (κ3) is 5.31. The topological polar surface area (TPSA) is 87.7 Å². The van der Waals surface area contributed by atoms with Crippen molar-refractivity contribution in [3.05, 3.63) is 60.4 Å². The zero-order chi connectivity index (χ0) is 21.8. The van der Waals surface area contributed by atoms with Crippen molar-refractivity contribution in [3.63, 3.8) is 0 Å². The SMILES string of the molecule is CCOc1c(I)cc(/C=C2/NC(=O)N(CC(=O)Nc3cccc(C)c3)C2=O)cc1I. The van der Waals surface area contributed by atoms with E-state index in [1.54, 1.807) is 12.1 Å². The number of nitrogens with one attached hydrogen (secondary N) is 2. The van der Waals surface area contributed by atoms with Gasteiger partial charge in [-0.15, -0.1) is 0 Å². The molecule has 3 rings (SSSR count). The Morgan fingerprint density at radius 1 is 1.20 bits per heavy atom. The Morgan fingerprint density at radius 3 is 2.53 bits per heavy atom. The summed E-state index contributed by atoms with van der Waals surface area (Å²) in [5, 5.41) is 5.24. The van der Waals surface area contributed by atoms with Crippen LogP contribution in [0.3, 0.4) is 0 Å². The molecule has 0 atom stereocenters. The smallest absolute Gasteiger partial charge is 0.329 e. The van der Waals surface area contributed by atoms with Crippen LogP contribution in [0.1, 0.15) is 18.1 Å². The lowest BCUT2D eigenvalue weighted by molar-refractivity contribution is -0.127. The minimum Gasteiger partial charge on any atom is -0.492 e. The first-order chi connectivity index (χ1) is 14.3. The molecular weight excluding hydrogens is 612 g/mol. The second-order valence-electron chi connectivity index (χ2n) is 6.54. The molecule has 9 heteroatoms. The summed E-state index contributed by atoms with van der Waals surface area (Å²) in [5.41, 5.74) is 2.48. The number of aryl methyl sites for hydroxylation is 1. The summed E-state index contributed by atoms with van der Waals surface area (Å²) in [6, 6.07) is 10.4. The molecule has 0 aromatic heterocycles.